The second-order valence-electron chi connectivity index (χ2n) is 10.3. The third-order valence-corrected chi connectivity index (χ3v) is 11.3. The maximum absolute atomic E-state index is 13.7. The highest BCUT2D eigenvalue weighted by Gasteiger charge is 2.69. The number of benzene rings is 1. The lowest BCUT2D eigenvalue weighted by molar-refractivity contribution is -0.148. The molecular formula is C25H24FN3O5S2. The Bertz CT molecular complexity index is 1320. The van der Waals surface area contributed by atoms with Gasteiger partial charge in [-0.1, -0.05) is 23.5 Å². The molecule has 2 aliphatic carbocycles. The topological polar surface area (TPSA) is 99.8 Å². The molecule has 5 aliphatic rings. The van der Waals surface area contributed by atoms with Crippen molar-refractivity contribution in [2.75, 3.05) is 32.8 Å². The average molecular weight is 530 g/mol. The normalized spacial score (nSPS) is 34.6. The molecule has 7 atom stereocenters. The van der Waals surface area contributed by atoms with E-state index in [4.69, 9.17) is 4.74 Å². The van der Waals surface area contributed by atoms with Crippen molar-refractivity contribution in [3.63, 3.8) is 0 Å². The summed E-state index contributed by atoms with van der Waals surface area (Å²) in [5.74, 6) is -2.01. The van der Waals surface area contributed by atoms with Crippen LogP contribution in [-0.4, -0.2) is 70.6 Å². The van der Waals surface area contributed by atoms with E-state index in [1.54, 1.807) is 28.8 Å². The number of morpholine rings is 1. The number of amides is 3. The molecule has 0 radical (unpaired) electrons. The Hall–Kier alpha value is -2.50. The molecule has 3 aliphatic heterocycles. The van der Waals surface area contributed by atoms with Crippen LogP contribution < -0.4 is 4.87 Å². The number of nitrogens with zero attached hydrogens (tertiary/aromatic N) is 2. The first-order valence-electron chi connectivity index (χ1n) is 12.3. The van der Waals surface area contributed by atoms with Crippen molar-refractivity contribution in [1.82, 2.24) is 14.8 Å². The second-order valence-corrected chi connectivity index (χ2v) is 12.5. The van der Waals surface area contributed by atoms with Crippen molar-refractivity contribution in [3.05, 3.63) is 50.2 Å². The van der Waals surface area contributed by atoms with Gasteiger partial charge in [0.05, 0.1) is 30.1 Å². The predicted octanol–water partition coefficient (Wildman–Crippen LogP) is 1.91. The number of nitrogens with one attached hydrogen (secondary N) is 1. The number of hydrogen-bond acceptors (Lipinski definition) is 7. The SMILES string of the molecule is O=C(CN1C(=O)C2C3CC(C2C1=O)C1C(c2ccc(F)cc2)c2sc(=O)[nH]c2SC31)N1CCOCC1. The molecule has 8 nitrogen and oxygen atoms in total. The first-order valence-corrected chi connectivity index (χ1v) is 14.0. The molecule has 11 heteroatoms. The van der Waals surface area contributed by atoms with Crippen LogP contribution in [0.3, 0.4) is 0 Å². The smallest absolute Gasteiger partial charge is 0.305 e. The van der Waals surface area contributed by atoms with Crippen LogP contribution in [0.25, 0.3) is 0 Å². The highest BCUT2D eigenvalue weighted by Crippen LogP contribution is 2.68. The summed E-state index contributed by atoms with van der Waals surface area (Å²) in [5.41, 5.74) is 0.920. The highest BCUT2D eigenvalue weighted by molar-refractivity contribution is 8.00. The van der Waals surface area contributed by atoms with Crippen molar-refractivity contribution < 1.29 is 23.5 Å². The van der Waals surface area contributed by atoms with Gasteiger partial charge in [0.2, 0.25) is 17.7 Å². The molecule has 1 aromatic carbocycles. The van der Waals surface area contributed by atoms with E-state index in [0.29, 0.717) is 26.3 Å². The number of carbonyl (C=O) groups is 3. The van der Waals surface area contributed by atoms with Crippen molar-refractivity contribution in [1.29, 1.82) is 0 Å². The third-order valence-electron chi connectivity index (χ3n) is 8.70. The Morgan fingerprint density at radius 3 is 2.47 bits per heavy atom. The fourth-order valence-corrected chi connectivity index (χ4v) is 10.2. The number of imide groups is 1. The van der Waals surface area contributed by atoms with Gasteiger partial charge in [-0.05, 0) is 41.9 Å². The van der Waals surface area contributed by atoms with E-state index in [2.05, 4.69) is 4.98 Å². The maximum Gasteiger partial charge on any atom is 0.305 e. The number of likely N-dealkylation sites (tertiary alicyclic amines) is 1. The third kappa shape index (κ3) is 3.21. The molecule has 4 heterocycles. The molecule has 2 aromatic rings. The molecule has 36 heavy (non-hydrogen) atoms. The first kappa shape index (κ1) is 22.7. The minimum atomic E-state index is -0.443. The molecule has 0 spiro atoms. The lowest BCUT2D eigenvalue weighted by Gasteiger charge is -2.43. The fourth-order valence-electron chi connectivity index (χ4n) is 7.33. The van der Waals surface area contributed by atoms with Crippen molar-refractivity contribution in [3.8, 4) is 0 Å². The lowest BCUT2D eigenvalue weighted by Crippen LogP contribution is -2.47. The number of ether oxygens (including phenoxy) is 1. The summed E-state index contributed by atoms with van der Waals surface area (Å²) in [5, 5.41) is 0.886. The van der Waals surface area contributed by atoms with Gasteiger partial charge in [-0.3, -0.25) is 24.1 Å². The number of aromatic nitrogens is 1. The monoisotopic (exact) mass is 529 g/mol. The molecule has 188 valence electrons. The number of thioether (sulfide) groups is 1. The van der Waals surface area contributed by atoms with E-state index >= 15 is 0 Å². The van der Waals surface area contributed by atoms with Crippen molar-refractivity contribution in [2.45, 2.75) is 22.6 Å². The molecule has 1 aromatic heterocycles. The van der Waals surface area contributed by atoms with Crippen LogP contribution in [-0.2, 0) is 19.1 Å². The number of carbonyl (C=O) groups excluding carboxylic acids is 3. The molecule has 1 N–H and O–H groups in total. The number of aromatic amines is 1. The number of rotatable bonds is 3. The summed E-state index contributed by atoms with van der Waals surface area (Å²) in [6.07, 6.45) is 0.775. The predicted molar refractivity (Wildman–Crippen MR) is 129 cm³/mol. The van der Waals surface area contributed by atoms with Crippen LogP contribution in [0.5, 0.6) is 0 Å². The lowest BCUT2D eigenvalue weighted by atomic mass is 9.68. The van der Waals surface area contributed by atoms with Crippen molar-refractivity contribution >= 4 is 40.8 Å². The quantitative estimate of drug-likeness (QED) is 0.610. The molecule has 7 rings (SSSR count). The van der Waals surface area contributed by atoms with Crippen molar-refractivity contribution in [2.24, 2.45) is 29.6 Å². The largest absolute Gasteiger partial charge is 0.378 e. The van der Waals surface area contributed by atoms with Crippen LogP contribution in [0, 0.1) is 35.4 Å². The van der Waals surface area contributed by atoms with Gasteiger partial charge in [0.15, 0.2) is 0 Å². The Morgan fingerprint density at radius 2 is 1.75 bits per heavy atom. The molecule has 2 saturated heterocycles. The number of H-pyrrole nitrogens is 1. The Morgan fingerprint density at radius 1 is 1.06 bits per heavy atom. The summed E-state index contributed by atoms with van der Waals surface area (Å²) in [7, 11) is 0. The fraction of sp³-hybridized carbons (Fsp3) is 0.520. The zero-order valence-electron chi connectivity index (χ0n) is 19.2. The number of hydrogen-bond donors (Lipinski definition) is 1. The first-order chi connectivity index (χ1) is 17.4. The van der Waals surface area contributed by atoms with Crippen LogP contribution >= 0.6 is 23.1 Å². The van der Waals surface area contributed by atoms with Gasteiger partial charge < -0.3 is 14.6 Å². The van der Waals surface area contributed by atoms with Gasteiger partial charge >= 0.3 is 4.87 Å². The van der Waals surface area contributed by atoms with Gasteiger partial charge in [-0.25, -0.2) is 4.39 Å². The van der Waals surface area contributed by atoms with Crippen LogP contribution in [0.2, 0.25) is 0 Å². The molecule has 7 unspecified atom stereocenters. The summed E-state index contributed by atoms with van der Waals surface area (Å²) < 4.78 is 19.0. The molecule has 2 bridgehead atoms. The number of halogens is 1. The van der Waals surface area contributed by atoms with E-state index in [9.17, 15) is 23.6 Å². The Balaban J connectivity index is 1.22. The van der Waals surface area contributed by atoms with E-state index in [1.165, 1.54) is 28.4 Å². The van der Waals surface area contributed by atoms with Crippen LogP contribution in [0.4, 0.5) is 4.39 Å². The van der Waals surface area contributed by atoms with Crippen LogP contribution in [0.1, 0.15) is 22.8 Å². The van der Waals surface area contributed by atoms with Gasteiger partial charge in [0.1, 0.15) is 12.4 Å². The number of fused-ring (bicyclic) bond motifs is 9. The van der Waals surface area contributed by atoms with Gasteiger partial charge in [-0.2, -0.15) is 0 Å². The van der Waals surface area contributed by atoms with E-state index in [-0.39, 0.29) is 63.9 Å². The Labute approximate surface area is 214 Å². The zero-order chi connectivity index (χ0) is 24.7. The standard InChI is InChI=1S/C25H24FN3O5S2/c26-12-3-1-11(2-4-12)16-17-13-9-14(20(17)35-22-21(16)36-25(33)27-22)19-18(13)23(31)29(24(19)32)10-15(30)28-5-7-34-8-6-28/h1-4,13-14,16-20H,5-10H2,(H,27,33). The highest BCUT2D eigenvalue weighted by atomic mass is 32.2. The van der Waals surface area contributed by atoms with E-state index in [1.807, 2.05) is 0 Å². The van der Waals surface area contributed by atoms with E-state index < -0.39 is 11.8 Å². The maximum atomic E-state index is 13.7. The summed E-state index contributed by atoms with van der Waals surface area (Å²) in [6, 6.07) is 6.39. The number of thiazole rings is 1. The van der Waals surface area contributed by atoms with E-state index in [0.717, 1.165) is 21.9 Å². The summed E-state index contributed by atoms with van der Waals surface area (Å²) in [6.45, 7) is 1.64. The molecule has 3 amide bonds. The minimum Gasteiger partial charge on any atom is -0.378 e. The Kier molecular flexibility index (Phi) is 5.20. The summed E-state index contributed by atoms with van der Waals surface area (Å²) in [4.78, 5) is 58.9. The molecular weight excluding hydrogens is 505 g/mol. The van der Waals surface area contributed by atoms with Gasteiger partial charge in [0, 0.05) is 29.1 Å². The minimum absolute atomic E-state index is 0.00515. The summed E-state index contributed by atoms with van der Waals surface area (Å²) >= 11 is 2.79. The zero-order valence-corrected chi connectivity index (χ0v) is 20.9. The molecule has 2 saturated carbocycles. The molecule has 4 fully saturated rings. The average Bonchev–Trinajstić information content (AvgIpc) is 3.61. The van der Waals surface area contributed by atoms with Gasteiger partial charge in [-0.15, -0.1) is 11.8 Å². The van der Waals surface area contributed by atoms with Crippen LogP contribution in [0.15, 0.2) is 34.1 Å². The van der Waals surface area contributed by atoms with Gasteiger partial charge in [0.25, 0.3) is 0 Å². The second kappa shape index (κ2) is 8.26.